The van der Waals surface area contributed by atoms with Gasteiger partial charge in [-0.1, -0.05) is 18.6 Å². The minimum atomic E-state index is -0.551. The molecule has 5 heteroatoms. The molecule has 2 heterocycles. The number of aliphatic hydroxyl groups excluding tert-OH is 1. The van der Waals surface area contributed by atoms with Gasteiger partial charge in [-0.2, -0.15) is 0 Å². The number of nitrogens with zero attached hydrogens (tertiary/aromatic N) is 3. The van der Waals surface area contributed by atoms with Crippen LogP contribution in [-0.2, 0) is 6.54 Å². The molecule has 0 amide bonds. The van der Waals surface area contributed by atoms with Crippen LogP contribution in [-0.4, -0.2) is 45.3 Å². The molecule has 1 aliphatic rings. The van der Waals surface area contributed by atoms with E-state index in [1.165, 1.54) is 17.4 Å². The van der Waals surface area contributed by atoms with E-state index >= 15 is 0 Å². The van der Waals surface area contributed by atoms with Crippen molar-refractivity contribution in [3.63, 3.8) is 0 Å². The highest BCUT2D eigenvalue weighted by Crippen LogP contribution is 2.16. The summed E-state index contributed by atoms with van der Waals surface area (Å²) in [6, 6.07) is 5.67. The van der Waals surface area contributed by atoms with E-state index in [4.69, 9.17) is 0 Å². The number of hydrogen-bond acceptors (Lipinski definition) is 4. The smallest absolute Gasteiger partial charge is 0.261 e. The molecular formula is C18H25N3O2. The molecule has 5 nitrogen and oxygen atoms in total. The number of piperidine rings is 1. The highest BCUT2D eigenvalue weighted by Gasteiger charge is 2.19. The van der Waals surface area contributed by atoms with E-state index < -0.39 is 6.10 Å². The number of rotatable bonds is 4. The second-order valence-electron chi connectivity index (χ2n) is 6.86. The van der Waals surface area contributed by atoms with Crippen molar-refractivity contribution in [2.75, 3.05) is 19.6 Å². The molecule has 124 valence electrons. The summed E-state index contributed by atoms with van der Waals surface area (Å²) in [5.41, 5.74) is 1.67. The number of hydrogen-bond donors (Lipinski definition) is 1. The fraction of sp³-hybridized carbons (Fsp3) is 0.556. The molecule has 0 saturated carbocycles. The third kappa shape index (κ3) is 3.79. The summed E-state index contributed by atoms with van der Waals surface area (Å²) in [5, 5.41) is 11.0. The summed E-state index contributed by atoms with van der Waals surface area (Å²) in [5.74, 6) is 0.777. The van der Waals surface area contributed by atoms with E-state index in [1.54, 1.807) is 6.33 Å². The Kier molecular flexibility index (Phi) is 4.78. The quantitative estimate of drug-likeness (QED) is 0.935. The van der Waals surface area contributed by atoms with Gasteiger partial charge in [0, 0.05) is 6.54 Å². The molecule has 1 aromatic heterocycles. The van der Waals surface area contributed by atoms with Crippen molar-refractivity contribution in [1.82, 2.24) is 14.5 Å². The van der Waals surface area contributed by atoms with Crippen LogP contribution >= 0.6 is 0 Å². The van der Waals surface area contributed by atoms with Crippen LogP contribution in [0.5, 0.6) is 0 Å². The van der Waals surface area contributed by atoms with Crippen LogP contribution in [0.2, 0.25) is 0 Å². The molecule has 0 bridgehead atoms. The summed E-state index contributed by atoms with van der Waals surface area (Å²) in [7, 11) is 0. The zero-order valence-corrected chi connectivity index (χ0v) is 13.9. The molecular weight excluding hydrogens is 290 g/mol. The first-order chi connectivity index (χ1) is 11.0. The molecule has 23 heavy (non-hydrogen) atoms. The van der Waals surface area contributed by atoms with Crippen LogP contribution < -0.4 is 5.56 Å². The SMILES string of the molecule is Cc1ccc2ncn(CC(O)CN3CCC(C)CC3)c(=O)c2c1. The zero-order valence-electron chi connectivity index (χ0n) is 13.9. The van der Waals surface area contributed by atoms with Crippen molar-refractivity contribution in [3.8, 4) is 0 Å². The predicted octanol–water partition coefficient (Wildman–Crippen LogP) is 1.80. The summed E-state index contributed by atoms with van der Waals surface area (Å²) < 4.78 is 1.53. The van der Waals surface area contributed by atoms with Crippen molar-refractivity contribution in [3.05, 3.63) is 40.4 Å². The van der Waals surface area contributed by atoms with Crippen LogP contribution in [0.3, 0.4) is 0 Å². The van der Waals surface area contributed by atoms with Gasteiger partial charge in [0.2, 0.25) is 0 Å². The monoisotopic (exact) mass is 315 g/mol. The Labute approximate surface area is 136 Å². The molecule has 0 spiro atoms. The van der Waals surface area contributed by atoms with Crippen molar-refractivity contribution in [2.45, 2.75) is 39.3 Å². The molecule has 2 aromatic rings. The Hall–Kier alpha value is -1.72. The largest absolute Gasteiger partial charge is 0.390 e. The van der Waals surface area contributed by atoms with E-state index in [2.05, 4.69) is 16.8 Å². The lowest BCUT2D eigenvalue weighted by Crippen LogP contribution is -2.40. The number of likely N-dealkylation sites (tertiary alicyclic amines) is 1. The van der Waals surface area contributed by atoms with Gasteiger partial charge < -0.3 is 10.0 Å². The van der Waals surface area contributed by atoms with Gasteiger partial charge in [-0.05, 0) is 50.9 Å². The Morgan fingerprint density at radius 1 is 1.30 bits per heavy atom. The minimum Gasteiger partial charge on any atom is -0.390 e. The molecule has 1 unspecified atom stereocenters. The van der Waals surface area contributed by atoms with Crippen molar-refractivity contribution >= 4 is 10.9 Å². The first-order valence-electron chi connectivity index (χ1n) is 8.39. The molecule has 0 radical (unpaired) electrons. The van der Waals surface area contributed by atoms with Crippen LogP contribution in [0.15, 0.2) is 29.3 Å². The maximum absolute atomic E-state index is 12.5. The average Bonchev–Trinajstić information content (AvgIpc) is 2.53. The first-order valence-corrected chi connectivity index (χ1v) is 8.39. The highest BCUT2D eigenvalue weighted by molar-refractivity contribution is 5.77. The van der Waals surface area contributed by atoms with E-state index in [0.29, 0.717) is 24.0 Å². The van der Waals surface area contributed by atoms with Gasteiger partial charge in [-0.25, -0.2) is 4.98 Å². The summed E-state index contributed by atoms with van der Waals surface area (Å²) >= 11 is 0. The van der Waals surface area contributed by atoms with Gasteiger partial charge in [-0.15, -0.1) is 0 Å². The standard InChI is InChI=1S/C18H25N3O2/c1-13-5-7-20(8-6-13)10-15(22)11-21-12-19-17-4-3-14(2)9-16(17)18(21)23/h3-4,9,12-13,15,22H,5-8,10-11H2,1-2H3. The maximum Gasteiger partial charge on any atom is 0.261 e. The second-order valence-corrected chi connectivity index (χ2v) is 6.86. The second kappa shape index (κ2) is 6.81. The Balaban J connectivity index is 1.71. The molecule has 1 atom stereocenters. The Morgan fingerprint density at radius 3 is 2.78 bits per heavy atom. The van der Waals surface area contributed by atoms with E-state index in [0.717, 1.165) is 24.6 Å². The minimum absolute atomic E-state index is 0.0787. The summed E-state index contributed by atoms with van der Waals surface area (Å²) in [6.45, 7) is 7.20. The van der Waals surface area contributed by atoms with Crippen molar-refractivity contribution in [1.29, 1.82) is 0 Å². The fourth-order valence-electron chi connectivity index (χ4n) is 3.23. The van der Waals surface area contributed by atoms with Gasteiger partial charge in [-0.3, -0.25) is 9.36 Å². The third-order valence-corrected chi connectivity index (χ3v) is 4.73. The van der Waals surface area contributed by atoms with Gasteiger partial charge in [0.1, 0.15) is 0 Å². The lowest BCUT2D eigenvalue weighted by Gasteiger charge is -2.31. The van der Waals surface area contributed by atoms with E-state index in [9.17, 15) is 9.90 Å². The lowest BCUT2D eigenvalue weighted by molar-refractivity contribution is 0.0794. The molecule has 1 N–H and O–H groups in total. The van der Waals surface area contributed by atoms with Gasteiger partial charge >= 0.3 is 0 Å². The lowest BCUT2D eigenvalue weighted by atomic mass is 9.99. The van der Waals surface area contributed by atoms with Gasteiger partial charge in [0.25, 0.3) is 5.56 Å². The topological polar surface area (TPSA) is 58.4 Å². The molecule has 1 aliphatic heterocycles. The molecule has 0 aliphatic carbocycles. The number of β-amino-alcohol motifs (C(OH)–C–C–N with tert-alkyl or cyclic N) is 1. The molecule has 1 saturated heterocycles. The number of aryl methyl sites for hydroxylation is 1. The van der Waals surface area contributed by atoms with Crippen LogP contribution in [0.25, 0.3) is 10.9 Å². The zero-order chi connectivity index (χ0) is 16.4. The highest BCUT2D eigenvalue weighted by atomic mass is 16.3. The number of benzene rings is 1. The van der Waals surface area contributed by atoms with E-state index in [-0.39, 0.29) is 5.56 Å². The molecule has 1 aromatic carbocycles. The van der Waals surface area contributed by atoms with Gasteiger partial charge in [0.05, 0.1) is 29.9 Å². The van der Waals surface area contributed by atoms with Crippen molar-refractivity contribution < 1.29 is 5.11 Å². The van der Waals surface area contributed by atoms with E-state index in [1.807, 2.05) is 25.1 Å². The summed E-state index contributed by atoms with van der Waals surface area (Å²) in [4.78, 5) is 19.2. The predicted molar refractivity (Wildman–Crippen MR) is 91.6 cm³/mol. The number of aromatic nitrogens is 2. The Bertz CT molecular complexity index is 733. The third-order valence-electron chi connectivity index (χ3n) is 4.73. The van der Waals surface area contributed by atoms with Crippen LogP contribution in [0.4, 0.5) is 0 Å². The molecule has 3 rings (SSSR count). The normalized spacial score (nSPS) is 18.4. The number of fused-ring (bicyclic) bond motifs is 1. The number of aliphatic hydroxyl groups is 1. The maximum atomic E-state index is 12.5. The van der Waals surface area contributed by atoms with Gasteiger partial charge in [0.15, 0.2) is 0 Å². The van der Waals surface area contributed by atoms with Crippen molar-refractivity contribution in [2.24, 2.45) is 5.92 Å². The average molecular weight is 315 g/mol. The van der Waals surface area contributed by atoms with Crippen LogP contribution in [0, 0.1) is 12.8 Å². The Morgan fingerprint density at radius 2 is 2.04 bits per heavy atom. The summed E-state index contributed by atoms with van der Waals surface area (Å²) in [6.07, 6.45) is 3.36. The molecule has 1 fully saturated rings. The fourth-order valence-corrected chi connectivity index (χ4v) is 3.23. The van der Waals surface area contributed by atoms with Crippen LogP contribution in [0.1, 0.15) is 25.3 Å². The first kappa shape index (κ1) is 16.1.